The Labute approximate surface area is 156 Å². The van der Waals surface area contributed by atoms with Crippen molar-refractivity contribution in [3.63, 3.8) is 0 Å². The SMILES string of the molecule is CC(=NN(C)c1oc(C(C)(C)C)nc1C#N)c1ccc(C(C)(C)C)cc1. The van der Waals surface area contributed by atoms with Crippen LogP contribution in [0.3, 0.4) is 0 Å². The summed E-state index contributed by atoms with van der Waals surface area (Å²) in [4.78, 5) is 4.30. The average molecular weight is 352 g/mol. The molecule has 0 radical (unpaired) electrons. The first-order valence-electron chi connectivity index (χ1n) is 8.74. The largest absolute Gasteiger partial charge is 0.421 e. The lowest BCUT2D eigenvalue weighted by Gasteiger charge is -2.19. The number of nitrogens with zero attached hydrogens (tertiary/aromatic N) is 4. The lowest BCUT2D eigenvalue weighted by atomic mass is 9.86. The standard InChI is InChI=1S/C21H28N4O/c1-14(15-9-11-16(12-10-15)20(2,3)4)24-25(8)18-17(13-22)23-19(26-18)21(5,6)7/h9-12H,1-8H3. The van der Waals surface area contributed by atoms with Crippen LogP contribution in [0.25, 0.3) is 0 Å². The fourth-order valence-corrected chi connectivity index (χ4v) is 2.46. The van der Waals surface area contributed by atoms with E-state index in [0.29, 0.717) is 11.8 Å². The van der Waals surface area contributed by atoms with Crippen LogP contribution in [-0.4, -0.2) is 17.7 Å². The Bertz CT molecular complexity index is 840. The van der Waals surface area contributed by atoms with Crippen molar-refractivity contribution in [2.75, 3.05) is 12.1 Å². The molecule has 0 spiro atoms. The Morgan fingerprint density at radius 3 is 2.12 bits per heavy atom. The van der Waals surface area contributed by atoms with Crippen LogP contribution in [0.5, 0.6) is 0 Å². The van der Waals surface area contributed by atoms with Gasteiger partial charge in [0.2, 0.25) is 11.6 Å². The van der Waals surface area contributed by atoms with Crippen LogP contribution in [0.15, 0.2) is 33.8 Å². The molecule has 0 aliphatic rings. The summed E-state index contributed by atoms with van der Waals surface area (Å²) in [6.45, 7) is 14.5. The van der Waals surface area contributed by atoms with Crippen molar-refractivity contribution in [1.82, 2.24) is 4.98 Å². The molecule has 0 N–H and O–H groups in total. The van der Waals surface area contributed by atoms with Crippen LogP contribution >= 0.6 is 0 Å². The third kappa shape index (κ3) is 4.32. The number of hydrogen-bond acceptors (Lipinski definition) is 5. The summed E-state index contributed by atoms with van der Waals surface area (Å²) in [5.74, 6) is 0.890. The van der Waals surface area contributed by atoms with E-state index in [0.717, 1.165) is 11.3 Å². The summed E-state index contributed by atoms with van der Waals surface area (Å²) in [7, 11) is 1.76. The molecule has 0 aliphatic carbocycles. The summed E-state index contributed by atoms with van der Waals surface area (Å²) in [6, 6.07) is 10.5. The molecule has 1 aromatic carbocycles. The zero-order valence-corrected chi connectivity index (χ0v) is 17.0. The second kappa shape index (κ2) is 6.95. The third-order valence-electron chi connectivity index (χ3n) is 4.12. The summed E-state index contributed by atoms with van der Waals surface area (Å²) >= 11 is 0. The van der Waals surface area contributed by atoms with Crippen LogP contribution in [0.4, 0.5) is 5.88 Å². The number of oxazole rings is 1. The minimum atomic E-state index is -0.272. The Hall–Kier alpha value is -2.61. The molecule has 0 bridgehead atoms. The maximum Gasteiger partial charge on any atom is 0.254 e. The molecule has 5 nitrogen and oxygen atoms in total. The lowest BCUT2D eigenvalue weighted by Crippen LogP contribution is -2.14. The molecule has 2 aromatic rings. The molecule has 0 aliphatic heterocycles. The number of anilines is 1. The summed E-state index contributed by atoms with van der Waals surface area (Å²) in [5, 5.41) is 15.5. The van der Waals surface area contributed by atoms with Gasteiger partial charge in [-0.1, -0.05) is 65.8 Å². The van der Waals surface area contributed by atoms with Crippen LogP contribution in [-0.2, 0) is 10.8 Å². The Morgan fingerprint density at radius 1 is 1.08 bits per heavy atom. The number of aromatic nitrogens is 1. The van der Waals surface area contributed by atoms with E-state index in [2.05, 4.69) is 61.2 Å². The molecule has 0 fully saturated rings. The molecule has 5 heteroatoms. The zero-order chi connectivity index (χ0) is 19.7. The number of hydrogen-bond donors (Lipinski definition) is 0. The van der Waals surface area contributed by atoms with E-state index < -0.39 is 0 Å². The average Bonchev–Trinajstić information content (AvgIpc) is 2.98. The fourth-order valence-electron chi connectivity index (χ4n) is 2.46. The van der Waals surface area contributed by atoms with E-state index in [1.807, 2.05) is 27.7 Å². The molecular formula is C21H28N4O. The van der Waals surface area contributed by atoms with E-state index >= 15 is 0 Å². The van der Waals surface area contributed by atoms with Crippen molar-refractivity contribution in [3.05, 3.63) is 47.0 Å². The van der Waals surface area contributed by atoms with E-state index in [1.165, 1.54) is 5.56 Å². The quantitative estimate of drug-likeness (QED) is 0.576. The van der Waals surface area contributed by atoms with Gasteiger partial charge in [0.1, 0.15) is 6.07 Å². The van der Waals surface area contributed by atoms with Crippen LogP contribution in [0.1, 0.15) is 71.2 Å². The monoisotopic (exact) mass is 352 g/mol. The van der Waals surface area contributed by atoms with Crippen molar-refractivity contribution in [2.45, 2.75) is 59.3 Å². The molecule has 0 saturated heterocycles. The molecule has 2 rings (SSSR count). The molecule has 26 heavy (non-hydrogen) atoms. The van der Waals surface area contributed by atoms with Gasteiger partial charge >= 0.3 is 0 Å². The van der Waals surface area contributed by atoms with Gasteiger partial charge in [0.15, 0.2) is 0 Å². The molecule has 0 amide bonds. The molecular weight excluding hydrogens is 324 g/mol. The minimum Gasteiger partial charge on any atom is -0.421 e. The molecule has 0 atom stereocenters. The van der Waals surface area contributed by atoms with Gasteiger partial charge in [0, 0.05) is 12.5 Å². The van der Waals surface area contributed by atoms with Crippen molar-refractivity contribution in [2.24, 2.45) is 5.10 Å². The van der Waals surface area contributed by atoms with Crippen molar-refractivity contribution in [1.29, 1.82) is 5.26 Å². The summed E-state index contributed by atoms with van der Waals surface area (Å²) in [6.07, 6.45) is 0. The number of nitriles is 1. The normalized spacial score (nSPS) is 12.8. The van der Waals surface area contributed by atoms with E-state index in [4.69, 9.17) is 4.42 Å². The van der Waals surface area contributed by atoms with Gasteiger partial charge < -0.3 is 4.42 Å². The highest BCUT2D eigenvalue weighted by atomic mass is 16.4. The van der Waals surface area contributed by atoms with Gasteiger partial charge in [-0.3, -0.25) is 0 Å². The predicted molar refractivity (Wildman–Crippen MR) is 106 cm³/mol. The minimum absolute atomic E-state index is 0.116. The molecule has 0 saturated carbocycles. The lowest BCUT2D eigenvalue weighted by molar-refractivity contribution is 0.394. The third-order valence-corrected chi connectivity index (χ3v) is 4.12. The number of benzene rings is 1. The van der Waals surface area contributed by atoms with Gasteiger partial charge in [-0.05, 0) is 23.5 Å². The highest BCUT2D eigenvalue weighted by Gasteiger charge is 2.25. The van der Waals surface area contributed by atoms with Gasteiger partial charge in [-0.2, -0.15) is 15.3 Å². The highest BCUT2D eigenvalue weighted by Crippen LogP contribution is 2.29. The smallest absolute Gasteiger partial charge is 0.254 e. The van der Waals surface area contributed by atoms with Gasteiger partial charge in [0.05, 0.1) is 5.71 Å². The van der Waals surface area contributed by atoms with Crippen LogP contribution < -0.4 is 5.01 Å². The van der Waals surface area contributed by atoms with Crippen LogP contribution in [0, 0.1) is 11.3 Å². The Kier molecular flexibility index (Phi) is 5.27. The van der Waals surface area contributed by atoms with Crippen molar-refractivity contribution in [3.8, 4) is 6.07 Å². The van der Waals surface area contributed by atoms with Crippen LogP contribution in [0.2, 0.25) is 0 Å². The zero-order valence-electron chi connectivity index (χ0n) is 17.0. The molecule has 1 heterocycles. The van der Waals surface area contributed by atoms with E-state index in [1.54, 1.807) is 12.1 Å². The van der Waals surface area contributed by atoms with Crippen molar-refractivity contribution >= 4 is 11.6 Å². The van der Waals surface area contributed by atoms with Gasteiger partial charge in [-0.15, -0.1) is 0 Å². The number of hydrazone groups is 1. The number of rotatable bonds is 3. The molecule has 1 aromatic heterocycles. The Morgan fingerprint density at radius 2 is 1.65 bits per heavy atom. The van der Waals surface area contributed by atoms with E-state index in [-0.39, 0.29) is 16.5 Å². The summed E-state index contributed by atoms with van der Waals surface area (Å²) in [5.41, 5.74) is 3.23. The first-order chi connectivity index (χ1) is 11.9. The second-order valence-electron chi connectivity index (χ2n) is 8.57. The maximum atomic E-state index is 9.36. The summed E-state index contributed by atoms with van der Waals surface area (Å²) < 4.78 is 5.82. The topological polar surface area (TPSA) is 65.4 Å². The molecule has 0 unspecified atom stereocenters. The maximum absolute atomic E-state index is 9.36. The van der Waals surface area contributed by atoms with Crippen molar-refractivity contribution < 1.29 is 4.42 Å². The first-order valence-corrected chi connectivity index (χ1v) is 8.74. The first kappa shape index (κ1) is 19.7. The van der Waals surface area contributed by atoms with E-state index in [9.17, 15) is 5.26 Å². The fraction of sp³-hybridized carbons (Fsp3) is 0.476. The Balaban J connectivity index is 2.32. The van der Waals surface area contributed by atoms with Gasteiger partial charge in [-0.25, -0.2) is 5.01 Å². The van der Waals surface area contributed by atoms with Gasteiger partial charge in [0.25, 0.3) is 5.88 Å². The molecule has 138 valence electrons. The predicted octanol–water partition coefficient (Wildman–Crippen LogP) is 5.00. The second-order valence-corrected chi connectivity index (χ2v) is 8.57. The highest BCUT2D eigenvalue weighted by molar-refractivity contribution is 5.99.